The summed E-state index contributed by atoms with van der Waals surface area (Å²) >= 11 is 0. The third-order valence-electron chi connectivity index (χ3n) is 1.92. The van der Waals surface area contributed by atoms with Crippen LogP contribution in [0.3, 0.4) is 0 Å². The zero-order valence-corrected chi connectivity index (χ0v) is 8.33. The van der Waals surface area contributed by atoms with Crippen LogP contribution in [0.25, 0.3) is 6.08 Å². The quantitative estimate of drug-likeness (QED) is 0.753. The lowest BCUT2D eigenvalue weighted by atomic mass is 10.2. The Hall–Kier alpha value is -1.02. The van der Waals surface area contributed by atoms with Crippen LogP contribution in [0.5, 0.6) is 0 Å². The van der Waals surface area contributed by atoms with Gasteiger partial charge in [-0.25, -0.2) is 0 Å². The minimum absolute atomic E-state index is 0.138. The van der Waals surface area contributed by atoms with E-state index in [2.05, 4.69) is 30.0 Å². The third kappa shape index (κ3) is 3.07. The van der Waals surface area contributed by atoms with Crippen molar-refractivity contribution in [2.45, 2.75) is 26.8 Å². The molecule has 2 nitrogen and oxygen atoms in total. The Labute approximate surface area is 79.5 Å². The van der Waals surface area contributed by atoms with Gasteiger partial charge in [0.2, 0.25) is 0 Å². The van der Waals surface area contributed by atoms with Gasteiger partial charge in [-0.3, -0.25) is 0 Å². The lowest BCUT2D eigenvalue weighted by Crippen LogP contribution is -1.90. The number of nitrogens with zero attached hydrogens (tertiary/aromatic N) is 1. The van der Waals surface area contributed by atoms with Crippen molar-refractivity contribution in [3.63, 3.8) is 0 Å². The molecule has 0 bridgehead atoms. The molecule has 0 fully saturated rings. The third-order valence-corrected chi connectivity index (χ3v) is 1.92. The highest BCUT2D eigenvalue weighted by Gasteiger charge is 1.93. The summed E-state index contributed by atoms with van der Waals surface area (Å²) in [5, 5.41) is 8.83. The van der Waals surface area contributed by atoms with Gasteiger partial charge in [-0.1, -0.05) is 13.0 Å². The summed E-state index contributed by atoms with van der Waals surface area (Å²) < 4.78 is 2.16. The van der Waals surface area contributed by atoms with E-state index in [0.29, 0.717) is 0 Å². The number of aromatic nitrogens is 1. The number of aliphatic hydroxyl groups excluding tert-OH is 1. The van der Waals surface area contributed by atoms with Gasteiger partial charge >= 0.3 is 0 Å². The van der Waals surface area contributed by atoms with E-state index >= 15 is 0 Å². The Morgan fingerprint density at radius 1 is 1.62 bits per heavy atom. The van der Waals surface area contributed by atoms with E-state index in [0.717, 1.165) is 18.5 Å². The number of aliphatic hydroxyl groups is 1. The van der Waals surface area contributed by atoms with Gasteiger partial charge in [-0.05, 0) is 30.5 Å². The van der Waals surface area contributed by atoms with Gasteiger partial charge < -0.3 is 9.67 Å². The minimum Gasteiger partial charge on any atom is -0.392 e. The number of hydrogen-bond acceptors (Lipinski definition) is 1. The second-order valence-corrected chi connectivity index (χ2v) is 3.33. The van der Waals surface area contributed by atoms with Crippen molar-refractivity contribution in [3.05, 3.63) is 29.6 Å². The fourth-order valence-corrected chi connectivity index (χ4v) is 1.27. The van der Waals surface area contributed by atoms with Crippen LogP contribution < -0.4 is 0 Å². The van der Waals surface area contributed by atoms with Crippen LogP contribution in [0.1, 0.15) is 25.8 Å². The summed E-state index contributed by atoms with van der Waals surface area (Å²) in [7, 11) is 0. The Bertz CT molecular complexity index is 286. The summed E-state index contributed by atoms with van der Waals surface area (Å²) in [6.45, 7) is 5.29. The molecule has 0 aliphatic heterocycles. The Kier molecular flexibility index (Phi) is 3.77. The smallest absolute Gasteiger partial charge is 0.0642 e. The lowest BCUT2D eigenvalue weighted by molar-refractivity contribution is 0.332. The molecule has 0 atom stereocenters. The molecule has 0 spiro atoms. The van der Waals surface area contributed by atoms with Crippen molar-refractivity contribution in [2.75, 3.05) is 6.61 Å². The molecular formula is C11H17NO. The van der Waals surface area contributed by atoms with E-state index in [1.54, 1.807) is 0 Å². The monoisotopic (exact) mass is 179 g/mol. The molecule has 72 valence electrons. The summed E-state index contributed by atoms with van der Waals surface area (Å²) in [6.07, 6.45) is 7.33. The first-order valence-electron chi connectivity index (χ1n) is 4.70. The minimum atomic E-state index is 0.138. The van der Waals surface area contributed by atoms with E-state index in [1.165, 1.54) is 5.56 Å². The first kappa shape index (κ1) is 10.1. The fraction of sp³-hybridized carbons (Fsp3) is 0.455. The zero-order chi connectivity index (χ0) is 9.68. The van der Waals surface area contributed by atoms with Gasteiger partial charge in [0.1, 0.15) is 0 Å². The molecule has 1 N–H and O–H groups in total. The molecule has 0 aliphatic carbocycles. The predicted molar refractivity (Wildman–Crippen MR) is 55.5 cm³/mol. The summed E-state index contributed by atoms with van der Waals surface area (Å²) in [6, 6.07) is 2.06. The molecule has 0 saturated carbocycles. The second-order valence-electron chi connectivity index (χ2n) is 3.33. The van der Waals surface area contributed by atoms with Gasteiger partial charge in [0.15, 0.2) is 0 Å². The van der Waals surface area contributed by atoms with Crippen molar-refractivity contribution >= 4 is 6.08 Å². The SMILES string of the molecule is CCCn1ccc(C=C(C)CO)c1. The normalized spacial score (nSPS) is 12.1. The van der Waals surface area contributed by atoms with Crippen LogP contribution >= 0.6 is 0 Å². The Balaban J connectivity index is 2.68. The van der Waals surface area contributed by atoms with E-state index < -0.39 is 0 Å². The maximum absolute atomic E-state index is 8.83. The number of aryl methyl sites for hydroxylation is 1. The average molecular weight is 179 g/mol. The van der Waals surface area contributed by atoms with Gasteiger partial charge in [-0.2, -0.15) is 0 Å². The molecule has 1 rings (SSSR count). The Morgan fingerprint density at radius 3 is 3.00 bits per heavy atom. The molecule has 0 aliphatic rings. The molecule has 1 heterocycles. The maximum Gasteiger partial charge on any atom is 0.0642 e. The molecule has 1 aromatic rings. The van der Waals surface area contributed by atoms with E-state index in [1.807, 2.05) is 13.0 Å². The molecule has 2 heteroatoms. The lowest BCUT2D eigenvalue weighted by Gasteiger charge is -1.96. The standard InChI is InChI=1S/C11H17NO/c1-3-5-12-6-4-11(8-12)7-10(2)9-13/h4,6-8,13H,3,5,9H2,1-2H3. The first-order valence-corrected chi connectivity index (χ1v) is 4.70. The molecule has 0 amide bonds. The van der Waals surface area contributed by atoms with E-state index in [-0.39, 0.29) is 6.61 Å². The maximum atomic E-state index is 8.83. The van der Waals surface area contributed by atoms with E-state index in [4.69, 9.17) is 5.11 Å². The van der Waals surface area contributed by atoms with Crippen molar-refractivity contribution in [3.8, 4) is 0 Å². The average Bonchev–Trinajstić information content (AvgIpc) is 2.53. The number of hydrogen-bond donors (Lipinski definition) is 1. The summed E-state index contributed by atoms with van der Waals surface area (Å²) in [5.74, 6) is 0. The van der Waals surface area contributed by atoms with Crippen LogP contribution in [-0.4, -0.2) is 16.3 Å². The van der Waals surface area contributed by atoms with Gasteiger partial charge in [0, 0.05) is 18.9 Å². The first-order chi connectivity index (χ1) is 6.26. The highest BCUT2D eigenvalue weighted by Crippen LogP contribution is 2.07. The van der Waals surface area contributed by atoms with Gasteiger partial charge in [-0.15, -0.1) is 0 Å². The van der Waals surface area contributed by atoms with E-state index in [9.17, 15) is 0 Å². The molecular weight excluding hydrogens is 162 g/mol. The van der Waals surface area contributed by atoms with Gasteiger partial charge in [0.25, 0.3) is 0 Å². The highest BCUT2D eigenvalue weighted by atomic mass is 16.3. The summed E-state index contributed by atoms with van der Waals surface area (Å²) in [5.41, 5.74) is 2.16. The van der Waals surface area contributed by atoms with Gasteiger partial charge in [0.05, 0.1) is 6.61 Å². The molecule has 0 radical (unpaired) electrons. The van der Waals surface area contributed by atoms with Crippen molar-refractivity contribution in [2.24, 2.45) is 0 Å². The second kappa shape index (κ2) is 4.87. The molecule has 13 heavy (non-hydrogen) atoms. The zero-order valence-electron chi connectivity index (χ0n) is 8.33. The molecule has 0 aromatic carbocycles. The van der Waals surface area contributed by atoms with Crippen molar-refractivity contribution in [1.82, 2.24) is 4.57 Å². The van der Waals surface area contributed by atoms with Crippen LogP contribution in [0.2, 0.25) is 0 Å². The molecule has 0 unspecified atom stereocenters. The van der Waals surface area contributed by atoms with Crippen LogP contribution in [0.15, 0.2) is 24.0 Å². The Morgan fingerprint density at radius 2 is 2.38 bits per heavy atom. The highest BCUT2D eigenvalue weighted by molar-refractivity contribution is 5.51. The largest absolute Gasteiger partial charge is 0.392 e. The molecule has 0 saturated heterocycles. The van der Waals surface area contributed by atoms with Crippen LogP contribution in [-0.2, 0) is 6.54 Å². The molecule has 1 aromatic heterocycles. The number of rotatable bonds is 4. The van der Waals surface area contributed by atoms with Crippen LogP contribution in [0, 0.1) is 0 Å². The van der Waals surface area contributed by atoms with Crippen molar-refractivity contribution < 1.29 is 5.11 Å². The topological polar surface area (TPSA) is 25.2 Å². The van der Waals surface area contributed by atoms with Crippen molar-refractivity contribution in [1.29, 1.82) is 0 Å². The van der Waals surface area contributed by atoms with Crippen LogP contribution in [0.4, 0.5) is 0 Å². The summed E-state index contributed by atoms with van der Waals surface area (Å²) in [4.78, 5) is 0. The predicted octanol–water partition coefficient (Wildman–Crippen LogP) is 2.29. The fourth-order valence-electron chi connectivity index (χ4n) is 1.27.